The Kier molecular flexibility index (Phi) is 4.51. The van der Waals surface area contributed by atoms with Gasteiger partial charge in [-0.3, -0.25) is 4.79 Å². The third-order valence-corrected chi connectivity index (χ3v) is 3.02. The highest BCUT2D eigenvalue weighted by molar-refractivity contribution is 7.11. The molecule has 0 aromatic carbocycles. The van der Waals surface area contributed by atoms with Crippen molar-refractivity contribution in [1.29, 1.82) is 0 Å². The highest BCUT2D eigenvalue weighted by atomic mass is 32.1. The number of carbonyl (C=O) groups is 1. The molecule has 0 bridgehead atoms. The van der Waals surface area contributed by atoms with Crippen LogP contribution in [0.25, 0.3) is 0 Å². The number of nitrogens with two attached hydrogens (primary N) is 2. The Morgan fingerprint density at radius 3 is 2.94 bits per heavy atom. The van der Waals surface area contributed by atoms with Crippen molar-refractivity contribution in [2.24, 2.45) is 5.73 Å². The predicted octanol–water partition coefficient (Wildman–Crippen LogP) is 0.397. The number of carbonyl (C=O) groups excluding carboxylic acids is 1. The lowest BCUT2D eigenvalue weighted by atomic mass is 10.2. The fourth-order valence-electron chi connectivity index (χ4n) is 1.22. The Morgan fingerprint density at radius 2 is 2.38 bits per heavy atom. The van der Waals surface area contributed by atoms with E-state index >= 15 is 0 Å². The van der Waals surface area contributed by atoms with Crippen molar-refractivity contribution >= 4 is 28.3 Å². The Balaban J connectivity index is 2.57. The van der Waals surface area contributed by atoms with Gasteiger partial charge < -0.3 is 21.9 Å². The number of amides is 1. The molecule has 1 atom stereocenters. The molecule has 1 amide bonds. The fourth-order valence-corrected chi connectivity index (χ4v) is 1.96. The standard InChI is InChI=1S/C9H16N4O2S/c1-2-5(14)3-4-12-9-6(8(11)15)7(10)13-16-9/h5,12,14H,2-4H2,1H3,(H2,10,13)(H2,11,15). The molecular formula is C9H16N4O2S. The van der Waals surface area contributed by atoms with E-state index in [4.69, 9.17) is 11.5 Å². The maximum absolute atomic E-state index is 11.1. The van der Waals surface area contributed by atoms with Gasteiger partial charge in [-0.15, -0.1) is 0 Å². The van der Waals surface area contributed by atoms with E-state index in [1.807, 2.05) is 6.92 Å². The number of nitrogens with zero attached hydrogens (tertiary/aromatic N) is 1. The largest absolute Gasteiger partial charge is 0.393 e. The molecule has 0 radical (unpaired) electrons. The van der Waals surface area contributed by atoms with E-state index in [1.54, 1.807) is 0 Å². The number of aliphatic hydroxyl groups is 1. The Labute approximate surface area is 97.8 Å². The SMILES string of the molecule is CCC(O)CCNc1snc(N)c1C(N)=O. The lowest BCUT2D eigenvalue weighted by Crippen LogP contribution is -2.16. The minimum Gasteiger partial charge on any atom is -0.393 e. The van der Waals surface area contributed by atoms with Crippen molar-refractivity contribution < 1.29 is 9.90 Å². The van der Waals surface area contributed by atoms with Crippen LogP contribution in [-0.2, 0) is 0 Å². The maximum Gasteiger partial charge on any atom is 0.255 e. The summed E-state index contributed by atoms with van der Waals surface area (Å²) in [5, 5.41) is 12.9. The van der Waals surface area contributed by atoms with Gasteiger partial charge in [0.05, 0.1) is 6.10 Å². The third kappa shape index (κ3) is 3.07. The number of aliphatic hydroxyl groups excluding tert-OH is 1. The van der Waals surface area contributed by atoms with Gasteiger partial charge >= 0.3 is 0 Å². The van der Waals surface area contributed by atoms with Crippen LogP contribution in [0, 0.1) is 0 Å². The summed E-state index contributed by atoms with van der Waals surface area (Å²) in [6.07, 6.45) is 0.969. The van der Waals surface area contributed by atoms with Gasteiger partial charge in [0, 0.05) is 6.54 Å². The van der Waals surface area contributed by atoms with Crippen molar-refractivity contribution in [1.82, 2.24) is 4.37 Å². The number of anilines is 2. The quantitative estimate of drug-likeness (QED) is 0.578. The molecule has 0 saturated heterocycles. The van der Waals surface area contributed by atoms with E-state index in [9.17, 15) is 9.90 Å². The summed E-state index contributed by atoms with van der Waals surface area (Å²) in [5.41, 5.74) is 10.9. The van der Waals surface area contributed by atoms with Gasteiger partial charge in [0.1, 0.15) is 10.6 Å². The van der Waals surface area contributed by atoms with Gasteiger partial charge in [0.2, 0.25) is 0 Å². The molecule has 90 valence electrons. The summed E-state index contributed by atoms with van der Waals surface area (Å²) < 4.78 is 3.85. The molecule has 0 aliphatic heterocycles. The van der Waals surface area contributed by atoms with Crippen LogP contribution in [0.15, 0.2) is 0 Å². The molecule has 0 spiro atoms. The van der Waals surface area contributed by atoms with Crippen LogP contribution in [0.3, 0.4) is 0 Å². The first-order valence-electron chi connectivity index (χ1n) is 5.03. The molecule has 7 heteroatoms. The second kappa shape index (κ2) is 5.66. The van der Waals surface area contributed by atoms with Gasteiger partial charge in [-0.2, -0.15) is 4.37 Å². The molecule has 6 N–H and O–H groups in total. The van der Waals surface area contributed by atoms with Gasteiger partial charge in [0.15, 0.2) is 5.82 Å². The van der Waals surface area contributed by atoms with E-state index < -0.39 is 5.91 Å². The average molecular weight is 244 g/mol. The van der Waals surface area contributed by atoms with Gasteiger partial charge in [0.25, 0.3) is 5.91 Å². The van der Waals surface area contributed by atoms with Gasteiger partial charge in [-0.05, 0) is 24.4 Å². The number of aromatic nitrogens is 1. The van der Waals surface area contributed by atoms with Crippen LogP contribution >= 0.6 is 11.5 Å². The average Bonchev–Trinajstić information content (AvgIpc) is 2.59. The number of nitrogens with one attached hydrogen (secondary N) is 1. The van der Waals surface area contributed by atoms with E-state index in [-0.39, 0.29) is 17.5 Å². The molecule has 0 aliphatic rings. The number of hydrogen-bond donors (Lipinski definition) is 4. The molecule has 1 heterocycles. The molecule has 6 nitrogen and oxygen atoms in total. The highest BCUT2D eigenvalue weighted by Gasteiger charge is 2.16. The zero-order valence-electron chi connectivity index (χ0n) is 9.06. The minimum absolute atomic E-state index is 0.149. The third-order valence-electron chi connectivity index (χ3n) is 2.20. The number of primary amides is 1. The summed E-state index contributed by atoms with van der Waals surface area (Å²) in [7, 11) is 0. The first kappa shape index (κ1) is 12.7. The zero-order valence-corrected chi connectivity index (χ0v) is 9.88. The summed E-state index contributed by atoms with van der Waals surface area (Å²) in [5.74, 6) is -0.444. The summed E-state index contributed by atoms with van der Waals surface area (Å²) in [6.45, 7) is 2.46. The highest BCUT2D eigenvalue weighted by Crippen LogP contribution is 2.25. The number of rotatable bonds is 6. The molecule has 1 aromatic rings. The van der Waals surface area contributed by atoms with E-state index in [0.29, 0.717) is 24.4 Å². The van der Waals surface area contributed by atoms with E-state index in [1.165, 1.54) is 0 Å². The Hall–Kier alpha value is -1.34. The fraction of sp³-hybridized carbons (Fsp3) is 0.556. The normalized spacial score (nSPS) is 12.4. The summed E-state index contributed by atoms with van der Waals surface area (Å²) in [4.78, 5) is 11.1. The lowest BCUT2D eigenvalue weighted by molar-refractivity contribution is 0.100. The monoisotopic (exact) mass is 244 g/mol. The van der Waals surface area contributed by atoms with Crippen molar-refractivity contribution in [2.75, 3.05) is 17.6 Å². The van der Waals surface area contributed by atoms with Crippen LogP contribution in [0.2, 0.25) is 0 Å². The van der Waals surface area contributed by atoms with Crippen LogP contribution < -0.4 is 16.8 Å². The maximum atomic E-state index is 11.1. The molecule has 0 aliphatic carbocycles. The van der Waals surface area contributed by atoms with Gasteiger partial charge in [-0.25, -0.2) is 0 Å². The first-order chi connectivity index (χ1) is 7.56. The smallest absolute Gasteiger partial charge is 0.255 e. The lowest BCUT2D eigenvalue weighted by Gasteiger charge is -2.08. The summed E-state index contributed by atoms with van der Waals surface area (Å²) >= 11 is 1.10. The summed E-state index contributed by atoms with van der Waals surface area (Å²) in [6, 6.07) is 0. The predicted molar refractivity (Wildman–Crippen MR) is 64.4 cm³/mol. The molecule has 1 rings (SSSR count). The van der Waals surface area contributed by atoms with Crippen molar-refractivity contribution in [3.05, 3.63) is 5.56 Å². The number of nitrogen functional groups attached to an aromatic ring is 1. The number of hydrogen-bond acceptors (Lipinski definition) is 6. The minimum atomic E-state index is -0.593. The second-order valence-electron chi connectivity index (χ2n) is 3.41. The molecule has 1 unspecified atom stereocenters. The van der Waals surface area contributed by atoms with E-state index in [0.717, 1.165) is 11.5 Å². The first-order valence-corrected chi connectivity index (χ1v) is 5.80. The van der Waals surface area contributed by atoms with Crippen molar-refractivity contribution in [2.45, 2.75) is 25.9 Å². The van der Waals surface area contributed by atoms with E-state index in [2.05, 4.69) is 9.69 Å². The molecular weight excluding hydrogens is 228 g/mol. The van der Waals surface area contributed by atoms with Crippen molar-refractivity contribution in [3.63, 3.8) is 0 Å². The van der Waals surface area contributed by atoms with Crippen LogP contribution in [-0.4, -0.2) is 28.0 Å². The van der Waals surface area contributed by atoms with Gasteiger partial charge in [-0.1, -0.05) is 6.92 Å². The molecule has 0 fully saturated rings. The van der Waals surface area contributed by atoms with Crippen LogP contribution in [0.1, 0.15) is 30.1 Å². The zero-order chi connectivity index (χ0) is 12.1. The van der Waals surface area contributed by atoms with Crippen LogP contribution in [0.4, 0.5) is 10.8 Å². The Morgan fingerprint density at radius 1 is 1.69 bits per heavy atom. The molecule has 16 heavy (non-hydrogen) atoms. The molecule has 1 aromatic heterocycles. The second-order valence-corrected chi connectivity index (χ2v) is 4.19. The topological polar surface area (TPSA) is 114 Å². The van der Waals surface area contributed by atoms with Crippen LogP contribution in [0.5, 0.6) is 0 Å². The van der Waals surface area contributed by atoms with Crippen molar-refractivity contribution in [3.8, 4) is 0 Å². The Bertz CT molecular complexity index is 366. The molecule has 0 saturated carbocycles.